The van der Waals surface area contributed by atoms with E-state index in [1.807, 2.05) is 0 Å². The van der Waals surface area contributed by atoms with E-state index in [2.05, 4.69) is 14.8 Å². The lowest BCUT2D eigenvalue weighted by Crippen LogP contribution is -2.05. The van der Waals surface area contributed by atoms with Crippen LogP contribution in [0.1, 0.15) is 10.4 Å². The number of aromatic nitrogens is 3. The molecular weight excluding hydrogens is 206 g/mol. The zero-order valence-corrected chi connectivity index (χ0v) is 8.02. The second kappa shape index (κ2) is 3.26. The first-order valence-electron chi connectivity index (χ1n) is 3.80. The first-order valence-corrected chi connectivity index (χ1v) is 4.18. The van der Waals surface area contributed by atoms with Gasteiger partial charge in [0, 0.05) is 6.20 Å². The maximum atomic E-state index is 11.4. The molecule has 2 aromatic heterocycles. The molecule has 0 unspecified atom stereocenters. The molecule has 0 N–H and O–H groups in total. The fourth-order valence-corrected chi connectivity index (χ4v) is 1.37. The van der Waals surface area contributed by atoms with Gasteiger partial charge in [-0.1, -0.05) is 11.6 Å². The number of rotatable bonds is 1. The second-order valence-corrected chi connectivity index (χ2v) is 2.97. The fourth-order valence-electron chi connectivity index (χ4n) is 1.16. The van der Waals surface area contributed by atoms with E-state index in [4.69, 9.17) is 11.6 Å². The second-order valence-electron chi connectivity index (χ2n) is 2.56. The van der Waals surface area contributed by atoms with Crippen LogP contribution in [0.25, 0.3) is 5.65 Å². The van der Waals surface area contributed by atoms with Gasteiger partial charge in [-0.25, -0.2) is 14.3 Å². The number of carbonyl (C=O) groups excluding carboxylic acids is 1. The molecule has 0 radical (unpaired) electrons. The number of methoxy groups -OCH3 is 1. The Morgan fingerprint density at radius 1 is 1.64 bits per heavy atom. The van der Waals surface area contributed by atoms with Crippen LogP contribution >= 0.6 is 11.6 Å². The molecule has 72 valence electrons. The molecule has 0 saturated heterocycles. The van der Waals surface area contributed by atoms with Gasteiger partial charge in [-0.05, 0) is 6.07 Å². The van der Waals surface area contributed by atoms with E-state index in [1.54, 1.807) is 12.3 Å². The number of esters is 1. The fraction of sp³-hybridized carbons (Fsp3) is 0.125. The lowest BCUT2D eigenvalue weighted by Gasteiger charge is -2.02. The van der Waals surface area contributed by atoms with Crippen LogP contribution in [-0.2, 0) is 4.74 Å². The van der Waals surface area contributed by atoms with Gasteiger partial charge in [-0.3, -0.25) is 0 Å². The van der Waals surface area contributed by atoms with E-state index in [0.717, 1.165) is 0 Å². The summed E-state index contributed by atoms with van der Waals surface area (Å²) in [5.74, 6) is -0.520. The molecule has 0 aromatic carbocycles. The largest absolute Gasteiger partial charge is 0.465 e. The molecule has 2 rings (SSSR count). The van der Waals surface area contributed by atoms with Gasteiger partial charge in [0.2, 0.25) is 0 Å². The van der Waals surface area contributed by atoms with Gasteiger partial charge in [-0.15, -0.1) is 0 Å². The molecule has 0 atom stereocenters. The van der Waals surface area contributed by atoms with Crippen molar-refractivity contribution in [2.75, 3.05) is 7.11 Å². The van der Waals surface area contributed by atoms with Gasteiger partial charge in [-0.2, -0.15) is 5.10 Å². The van der Waals surface area contributed by atoms with Crippen molar-refractivity contribution in [2.24, 2.45) is 0 Å². The summed E-state index contributed by atoms with van der Waals surface area (Å²) in [5, 5.41) is 4.18. The highest BCUT2D eigenvalue weighted by molar-refractivity contribution is 6.34. The molecular formula is C8H6ClN3O2. The molecule has 6 heteroatoms. The third-order valence-corrected chi connectivity index (χ3v) is 2.10. The molecule has 0 fully saturated rings. The molecule has 0 bridgehead atoms. The predicted octanol–water partition coefficient (Wildman–Crippen LogP) is 1.17. The number of carbonyl (C=O) groups is 1. The van der Waals surface area contributed by atoms with Crippen LogP contribution in [0, 0.1) is 0 Å². The Balaban J connectivity index is 2.76. The summed E-state index contributed by atoms with van der Waals surface area (Å²) in [6.07, 6.45) is 2.97. The topological polar surface area (TPSA) is 56.5 Å². The van der Waals surface area contributed by atoms with Crippen LogP contribution in [0.15, 0.2) is 18.6 Å². The first kappa shape index (κ1) is 8.96. The summed E-state index contributed by atoms with van der Waals surface area (Å²) in [6, 6.07) is 1.56. The summed E-state index contributed by atoms with van der Waals surface area (Å²) >= 11 is 5.85. The molecule has 2 aromatic rings. The van der Waals surface area contributed by atoms with Gasteiger partial charge in [0.1, 0.15) is 11.9 Å². The Labute approximate surface area is 84.3 Å². The van der Waals surface area contributed by atoms with Crippen molar-refractivity contribution < 1.29 is 9.53 Å². The van der Waals surface area contributed by atoms with E-state index in [1.165, 1.54) is 18.0 Å². The quantitative estimate of drug-likeness (QED) is 0.665. The highest BCUT2D eigenvalue weighted by atomic mass is 35.5. The third kappa shape index (κ3) is 1.22. The van der Waals surface area contributed by atoms with E-state index in [-0.39, 0.29) is 5.56 Å². The van der Waals surface area contributed by atoms with Crippen molar-refractivity contribution >= 4 is 23.2 Å². The maximum absolute atomic E-state index is 11.4. The minimum absolute atomic E-state index is 0.231. The van der Waals surface area contributed by atoms with Crippen molar-refractivity contribution in [3.63, 3.8) is 0 Å². The Morgan fingerprint density at radius 2 is 2.43 bits per heavy atom. The number of hydrogen-bond donors (Lipinski definition) is 0. The van der Waals surface area contributed by atoms with Crippen LogP contribution in [0.4, 0.5) is 0 Å². The van der Waals surface area contributed by atoms with Crippen LogP contribution < -0.4 is 0 Å². The van der Waals surface area contributed by atoms with Crippen molar-refractivity contribution in [1.82, 2.24) is 14.6 Å². The molecule has 0 aliphatic rings. The van der Waals surface area contributed by atoms with Gasteiger partial charge < -0.3 is 4.74 Å². The van der Waals surface area contributed by atoms with Crippen molar-refractivity contribution in [3.05, 3.63) is 29.2 Å². The highest BCUT2D eigenvalue weighted by Crippen LogP contribution is 2.19. The molecule has 0 aliphatic carbocycles. The van der Waals surface area contributed by atoms with E-state index < -0.39 is 5.97 Å². The van der Waals surface area contributed by atoms with E-state index in [0.29, 0.717) is 10.7 Å². The number of fused-ring (bicyclic) bond motifs is 1. The average molecular weight is 212 g/mol. The zero-order valence-electron chi connectivity index (χ0n) is 7.27. The molecule has 14 heavy (non-hydrogen) atoms. The lowest BCUT2D eigenvalue weighted by atomic mass is 10.3. The van der Waals surface area contributed by atoms with Crippen LogP contribution in [0.5, 0.6) is 0 Å². The predicted molar refractivity (Wildman–Crippen MR) is 49.3 cm³/mol. The molecule has 5 nitrogen and oxygen atoms in total. The Kier molecular flexibility index (Phi) is 2.09. The normalized spacial score (nSPS) is 10.4. The molecule has 2 heterocycles. The molecule has 0 spiro atoms. The van der Waals surface area contributed by atoms with Crippen LogP contribution in [-0.4, -0.2) is 27.7 Å². The van der Waals surface area contributed by atoms with Crippen molar-refractivity contribution in [1.29, 1.82) is 0 Å². The highest BCUT2D eigenvalue weighted by Gasteiger charge is 2.16. The molecule has 0 amide bonds. The summed E-state index contributed by atoms with van der Waals surface area (Å²) in [4.78, 5) is 15.3. The minimum Gasteiger partial charge on any atom is -0.465 e. The zero-order chi connectivity index (χ0) is 10.1. The maximum Gasteiger partial charge on any atom is 0.343 e. The van der Waals surface area contributed by atoms with E-state index >= 15 is 0 Å². The van der Waals surface area contributed by atoms with Gasteiger partial charge in [0.15, 0.2) is 5.65 Å². The van der Waals surface area contributed by atoms with Gasteiger partial charge in [0.25, 0.3) is 0 Å². The number of nitrogens with zero attached hydrogens (tertiary/aromatic N) is 3. The number of hydrogen-bond acceptors (Lipinski definition) is 4. The van der Waals surface area contributed by atoms with Gasteiger partial charge in [0.05, 0.1) is 12.1 Å². The van der Waals surface area contributed by atoms with Crippen LogP contribution in [0.2, 0.25) is 5.02 Å². The number of halogens is 1. The summed E-state index contributed by atoms with van der Waals surface area (Å²) in [6.45, 7) is 0. The Bertz CT molecular complexity index is 494. The van der Waals surface area contributed by atoms with Crippen molar-refractivity contribution in [2.45, 2.75) is 0 Å². The van der Waals surface area contributed by atoms with Crippen molar-refractivity contribution in [3.8, 4) is 0 Å². The summed E-state index contributed by atoms with van der Waals surface area (Å²) in [5.41, 5.74) is 0.624. The number of pyridine rings is 1. The van der Waals surface area contributed by atoms with E-state index in [9.17, 15) is 4.79 Å². The SMILES string of the molecule is COC(=O)c1c(Cl)ccn2ncnc12. The lowest BCUT2D eigenvalue weighted by molar-refractivity contribution is 0.0602. The monoisotopic (exact) mass is 211 g/mol. The number of ether oxygens (including phenoxy) is 1. The minimum atomic E-state index is -0.520. The third-order valence-electron chi connectivity index (χ3n) is 1.79. The standard InChI is InChI=1S/C8H6ClN3O2/c1-14-8(13)6-5(9)2-3-12-7(6)10-4-11-12/h2-4H,1H3. The summed E-state index contributed by atoms with van der Waals surface area (Å²) < 4.78 is 6.05. The van der Waals surface area contributed by atoms with Crippen LogP contribution in [0.3, 0.4) is 0 Å². The van der Waals surface area contributed by atoms with Gasteiger partial charge >= 0.3 is 5.97 Å². The Morgan fingerprint density at radius 3 is 3.14 bits per heavy atom. The smallest absolute Gasteiger partial charge is 0.343 e. The molecule has 0 saturated carbocycles. The average Bonchev–Trinajstić information content (AvgIpc) is 2.64. The summed E-state index contributed by atoms with van der Waals surface area (Å²) in [7, 11) is 1.29. The first-order chi connectivity index (χ1) is 6.74. The molecule has 0 aliphatic heterocycles. The Hall–Kier alpha value is -1.62.